The summed E-state index contributed by atoms with van der Waals surface area (Å²) < 4.78 is 24.9. The molecule has 0 saturated heterocycles. The van der Waals surface area contributed by atoms with Gasteiger partial charge in [0.25, 0.3) is 15.7 Å². The molecule has 1 heterocycles. The summed E-state index contributed by atoms with van der Waals surface area (Å²) in [5.41, 5.74) is -0.451. The number of thiophene rings is 1. The molecule has 0 atom stereocenters. The Morgan fingerprint density at radius 1 is 1.63 bits per heavy atom. The molecule has 19 heavy (non-hydrogen) atoms. The Kier molecular flexibility index (Phi) is 5.44. The van der Waals surface area contributed by atoms with E-state index in [1.165, 1.54) is 6.08 Å². The lowest BCUT2D eigenvalue weighted by molar-refractivity contribution is -0.384. The predicted molar refractivity (Wildman–Crippen MR) is 72.0 cm³/mol. The number of hydrogen-bond donors (Lipinski definition) is 1. The summed E-state index contributed by atoms with van der Waals surface area (Å²) in [6, 6.07) is 0.912. The molecule has 0 unspecified atom stereocenters. The van der Waals surface area contributed by atoms with Gasteiger partial charge in [0.2, 0.25) is 0 Å². The Morgan fingerprint density at radius 2 is 2.26 bits per heavy atom. The Morgan fingerprint density at radius 3 is 2.68 bits per heavy atom. The van der Waals surface area contributed by atoms with E-state index in [1.54, 1.807) is 0 Å². The van der Waals surface area contributed by atoms with Crippen LogP contribution in [0.5, 0.6) is 0 Å². The summed E-state index contributed by atoms with van der Waals surface area (Å²) >= 11 is 6.24. The Balaban J connectivity index is 3.21. The number of hydrogen-bond acceptors (Lipinski definition) is 6. The first kappa shape index (κ1) is 16.1. The van der Waals surface area contributed by atoms with E-state index in [4.69, 9.17) is 16.7 Å². The maximum Gasteiger partial charge on any atom is 0.300 e. The molecule has 0 saturated carbocycles. The van der Waals surface area contributed by atoms with Crippen LogP contribution >= 0.6 is 22.9 Å². The molecule has 0 amide bonds. The second kappa shape index (κ2) is 6.44. The minimum absolute atomic E-state index is 0.00773. The fourth-order valence-electron chi connectivity index (χ4n) is 1.28. The largest absolute Gasteiger partial charge is 0.395 e. The summed E-state index contributed by atoms with van der Waals surface area (Å²) in [4.78, 5) is 9.90. The zero-order chi connectivity index (χ0) is 14.6. The molecule has 106 valence electrons. The maximum atomic E-state index is 12.2. The summed E-state index contributed by atoms with van der Waals surface area (Å²) in [5, 5.41) is 19.5. The smallest absolute Gasteiger partial charge is 0.300 e. The maximum absolute atomic E-state index is 12.2. The molecule has 0 aliphatic rings. The fourth-order valence-corrected chi connectivity index (χ4v) is 4.50. The monoisotopic (exact) mass is 326 g/mol. The first-order valence-corrected chi connectivity index (χ1v) is 7.63. The second-order valence-electron chi connectivity index (χ2n) is 3.36. The average molecular weight is 327 g/mol. The second-order valence-corrected chi connectivity index (χ2v) is 7.18. The summed E-state index contributed by atoms with van der Waals surface area (Å²) in [5.74, 6) is 0. The standard InChI is InChI=1S/C9H11ClN2O5S2/c1-2-3-11(4-5-13)19(16,17)8-6-7(12(14)15)9(10)18-8/h2,6,13H,1,3-5H2. The number of aliphatic hydroxyl groups is 1. The third-order valence-electron chi connectivity index (χ3n) is 2.12. The third kappa shape index (κ3) is 3.51. The molecule has 1 N–H and O–H groups in total. The van der Waals surface area contributed by atoms with E-state index in [1.807, 2.05) is 0 Å². The molecule has 1 aromatic heterocycles. The van der Waals surface area contributed by atoms with E-state index >= 15 is 0 Å². The van der Waals surface area contributed by atoms with E-state index in [-0.39, 0.29) is 28.2 Å². The van der Waals surface area contributed by atoms with Crippen LogP contribution in [0.2, 0.25) is 4.34 Å². The van der Waals surface area contributed by atoms with Gasteiger partial charge in [-0.3, -0.25) is 10.1 Å². The van der Waals surface area contributed by atoms with Gasteiger partial charge in [-0.2, -0.15) is 4.31 Å². The molecule has 0 radical (unpaired) electrons. The zero-order valence-electron chi connectivity index (χ0n) is 9.65. The molecule has 1 aromatic rings. The first-order valence-electron chi connectivity index (χ1n) is 5.00. The van der Waals surface area contributed by atoms with Crippen molar-refractivity contribution in [3.05, 3.63) is 33.2 Å². The Labute approximate surface area is 118 Å². The highest BCUT2D eigenvalue weighted by atomic mass is 35.5. The Hall–Kier alpha value is -1.000. The lowest BCUT2D eigenvalue weighted by atomic mass is 10.6. The number of nitrogens with zero attached hydrogens (tertiary/aromatic N) is 2. The van der Waals surface area contributed by atoms with Crippen molar-refractivity contribution >= 4 is 38.6 Å². The van der Waals surface area contributed by atoms with Crippen LogP contribution < -0.4 is 0 Å². The molecule has 0 aromatic carbocycles. The van der Waals surface area contributed by atoms with Crippen LogP contribution in [-0.4, -0.2) is 42.4 Å². The number of halogens is 1. The highest BCUT2D eigenvalue weighted by Gasteiger charge is 2.29. The molecule has 10 heteroatoms. The quantitative estimate of drug-likeness (QED) is 0.464. The van der Waals surface area contributed by atoms with E-state index in [9.17, 15) is 18.5 Å². The van der Waals surface area contributed by atoms with E-state index in [2.05, 4.69) is 6.58 Å². The molecule has 7 nitrogen and oxygen atoms in total. The van der Waals surface area contributed by atoms with Gasteiger partial charge in [0.15, 0.2) is 4.34 Å². The van der Waals surface area contributed by atoms with Gasteiger partial charge in [0, 0.05) is 19.2 Å². The third-order valence-corrected chi connectivity index (χ3v) is 5.77. The van der Waals surface area contributed by atoms with Crippen LogP contribution in [-0.2, 0) is 10.0 Å². The zero-order valence-corrected chi connectivity index (χ0v) is 12.0. The van der Waals surface area contributed by atoms with Crippen LogP contribution in [0.25, 0.3) is 0 Å². The van der Waals surface area contributed by atoms with Crippen molar-refractivity contribution in [1.82, 2.24) is 4.31 Å². The van der Waals surface area contributed by atoms with Gasteiger partial charge in [-0.05, 0) is 0 Å². The summed E-state index contributed by atoms with van der Waals surface area (Å²) in [6.45, 7) is 2.92. The SMILES string of the molecule is C=CCN(CCO)S(=O)(=O)c1cc([N+](=O)[O-])c(Cl)s1. The van der Waals surface area contributed by atoms with Crippen molar-refractivity contribution < 1.29 is 18.4 Å². The molecule has 0 spiro atoms. The lowest BCUT2D eigenvalue weighted by Gasteiger charge is -2.18. The Bertz CT molecular complexity index is 583. The minimum Gasteiger partial charge on any atom is -0.395 e. The van der Waals surface area contributed by atoms with Gasteiger partial charge in [-0.25, -0.2) is 8.42 Å². The first-order chi connectivity index (χ1) is 8.84. The fraction of sp³-hybridized carbons (Fsp3) is 0.333. The molecular weight excluding hydrogens is 316 g/mol. The van der Waals surface area contributed by atoms with Gasteiger partial charge in [0.1, 0.15) is 4.21 Å². The number of aliphatic hydroxyl groups excluding tert-OH is 1. The van der Waals surface area contributed by atoms with Crippen LogP contribution in [0, 0.1) is 10.1 Å². The lowest BCUT2D eigenvalue weighted by Crippen LogP contribution is -2.33. The normalized spacial score (nSPS) is 11.7. The van der Waals surface area contributed by atoms with Gasteiger partial charge >= 0.3 is 0 Å². The minimum atomic E-state index is -3.93. The van der Waals surface area contributed by atoms with Gasteiger partial charge in [-0.1, -0.05) is 17.7 Å². The van der Waals surface area contributed by atoms with Crippen LogP contribution in [0.15, 0.2) is 22.9 Å². The van der Waals surface area contributed by atoms with Crippen LogP contribution in [0.4, 0.5) is 5.69 Å². The van der Waals surface area contributed by atoms with E-state index < -0.39 is 20.6 Å². The summed E-state index contributed by atoms with van der Waals surface area (Å²) in [6.07, 6.45) is 1.36. The average Bonchev–Trinajstić information content (AvgIpc) is 2.72. The summed E-state index contributed by atoms with van der Waals surface area (Å²) in [7, 11) is -3.93. The van der Waals surface area contributed by atoms with Crippen molar-refractivity contribution in [1.29, 1.82) is 0 Å². The van der Waals surface area contributed by atoms with Gasteiger partial charge in [0.05, 0.1) is 11.5 Å². The van der Waals surface area contributed by atoms with Gasteiger partial charge < -0.3 is 5.11 Å². The van der Waals surface area contributed by atoms with Crippen molar-refractivity contribution in [3.63, 3.8) is 0 Å². The molecular formula is C9H11ClN2O5S2. The van der Waals surface area contributed by atoms with Gasteiger partial charge in [-0.15, -0.1) is 17.9 Å². The number of sulfonamides is 1. The van der Waals surface area contributed by atoms with Crippen LogP contribution in [0.3, 0.4) is 0 Å². The molecule has 0 aliphatic heterocycles. The van der Waals surface area contributed by atoms with Crippen molar-refractivity contribution in [2.45, 2.75) is 4.21 Å². The highest BCUT2D eigenvalue weighted by Crippen LogP contribution is 2.37. The molecule has 0 fully saturated rings. The van der Waals surface area contributed by atoms with E-state index in [0.717, 1.165) is 10.4 Å². The highest BCUT2D eigenvalue weighted by molar-refractivity contribution is 7.91. The number of rotatable bonds is 7. The molecule has 1 rings (SSSR count). The topological polar surface area (TPSA) is 101 Å². The predicted octanol–water partition coefficient (Wildman–Crippen LogP) is 1.48. The number of nitro groups is 1. The van der Waals surface area contributed by atoms with Crippen LogP contribution in [0.1, 0.15) is 0 Å². The molecule has 0 bridgehead atoms. The van der Waals surface area contributed by atoms with E-state index in [0.29, 0.717) is 11.3 Å². The molecule has 0 aliphatic carbocycles. The van der Waals surface area contributed by atoms with Crippen molar-refractivity contribution in [2.24, 2.45) is 0 Å². The van der Waals surface area contributed by atoms with Crippen molar-refractivity contribution in [2.75, 3.05) is 19.7 Å². The van der Waals surface area contributed by atoms with Crippen molar-refractivity contribution in [3.8, 4) is 0 Å².